The van der Waals surface area contributed by atoms with Crippen molar-refractivity contribution < 1.29 is 32.6 Å². The van der Waals surface area contributed by atoms with Crippen molar-refractivity contribution in [1.29, 1.82) is 0 Å². The van der Waals surface area contributed by atoms with Crippen LogP contribution in [-0.2, 0) is 10.9 Å². The van der Waals surface area contributed by atoms with E-state index < -0.39 is 35.9 Å². The number of carbonyl (C=O) groups is 2. The Balaban J connectivity index is 1.48. The van der Waals surface area contributed by atoms with Crippen LogP contribution < -0.4 is 0 Å². The number of allylic oxidation sites excluding steroid dienone is 1. The van der Waals surface area contributed by atoms with Crippen LogP contribution in [0.25, 0.3) is 16.7 Å². The first-order valence-corrected chi connectivity index (χ1v) is 14.4. The highest BCUT2D eigenvalue weighted by atomic mass is 19.4. The summed E-state index contributed by atoms with van der Waals surface area (Å²) in [6, 6.07) is 16.6. The van der Waals surface area contributed by atoms with E-state index in [1.165, 1.54) is 0 Å². The van der Waals surface area contributed by atoms with Crippen LogP contribution in [-0.4, -0.2) is 34.7 Å². The van der Waals surface area contributed by atoms with Crippen LogP contribution in [0.2, 0.25) is 0 Å². The summed E-state index contributed by atoms with van der Waals surface area (Å²) in [5, 5.41) is 9.36. The van der Waals surface area contributed by atoms with E-state index in [-0.39, 0.29) is 11.0 Å². The predicted molar refractivity (Wildman–Crippen MR) is 160 cm³/mol. The SMILES string of the molecule is Cc1cc([C@H]2OC(=O)N(CC3=C(c4cccc(-c5ccc(C(=O)O)cc5C)c4)CCC(C)(C)C3)[C@H]2C)cc(C(F)(F)F)c1. The number of carbonyl (C=O) groups excluding carboxylic acids is 1. The number of carboxylic acid groups (broad SMARTS) is 1. The Kier molecular flexibility index (Phi) is 7.92. The lowest BCUT2D eigenvalue weighted by Gasteiger charge is -2.35. The lowest BCUT2D eigenvalue weighted by atomic mass is 9.72. The number of amides is 1. The largest absolute Gasteiger partial charge is 0.478 e. The molecule has 2 atom stereocenters. The van der Waals surface area contributed by atoms with Crippen molar-refractivity contribution in [2.75, 3.05) is 6.54 Å². The average Bonchev–Trinajstić information content (AvgIpc) is 3.20. The number of benzene rings is 3. The third kappa shape index (κ3) is 6.33. The first-order valence-electron chi connectivity index (χ1n) is 14.4. The van der Waals surface area contributed by atoms with Crippen LogP contribution in [0.1, 0.15) is 84.3 Å². The molecule has 1 saturated heterocycles. The molecule has 1 amide bonds. The predicted octanol–water partition coefficient (Wildman–Crippen LogP) is 9.23. The molecule has 1 fully saturated rings. The second-order valence-electron chi connectivity index (χ2n) is 12.6. The van der Waals surface area contributed by atoms with Gasteiger partial charge in [-0.05, 0) is 115 Å². The van der Waals surface area contributed by atoms with Gasteiger partial charge in [0.15, 0.2) is 0 Å². The van der Waals surface area contributed by atoms with E-state index >= 15 is 0 Å². The summed E-state index contributed by atoms with van der Waals surface area (Å²) in [6.07, 6.45) is -3.29. The fraction of sp³-hybridized carbons (Fsp3) is 0.371. The number of rotatable bonds is 6. The highest BCUT2D eigenvalue weighted by Crippen LogP contribution is 2.45. The quantitative estimate of drug-likeness (QED) is 0.310. The summed E-state index contributed by atoms with van der Waals surface area (Å²) >= 11 is 0. The van der Waals surface area contributed by atoms with Crippen molar-refractivity contribution in [3.8, 4) is 11.1 Å². The lowest BCUT2D eigenvalue weighted by molar-refractivity contribution is -0.137. The molecule has 0 unspecified atom stereocenters. The summed E-state index contributed by atoms with van der Waals surface area (Å²) in [5.74, 6) is -0.969. The highest BCUT2D eigenvalue weighted by molar-refractivity contribution is 5.89. The Hall–Kier alpha value is -4.07. The van der Waals surface area contributed by atoms with Gasteiger partial charge >= 0.3 is 18.2 Å². The number of alkyl halides is 3. The standard InChI is InChI=1S/C35H36F3NO4/c1-20-13-26(17-28(14-20)35(36,37)38)31-22(3)39(33(42)43-31)19-27-18-34(4,5)12-11-30(27)24-8-6-7-23(16-24)29-10-9-25(32(40)41)15-21(29)2/h6-10,13-17,22,31H,11-12,18-19H2,1-5H3,(H,40,41)/t22-,31-/m0/s1. The topological polar surface area (TPSA) is 66.8 Å². The van der Waals surface area contributed by atoms with Crippen LogP contribution >= 0.6 is 0 Å². The van der Waals surface area contributed by atoms with Crippen molar-refractivity contribution in [1.82, 2.24) is 4.90 Å². The Labute approximate surface area is 250 Å². The average molecular weight is 592 g/mol. The molecule has 1 N–H and O–H groups in total. The normalized spacial score (nSPS) is 20.4. The molecule has 0 bridgehead atoms. The van der Waals surface area contributed by atoms with Gasteiger partial charge in [0.05, 0.1) is 17.2 Å². The van der Waals surface area contributed by atoms with Gasteiger partial charge in [-0.15, -0.1) is 0 Å². The molecule has 3 aromatic rings. The van der Waals surface area contributed by atoms with E-state index in [1.54, 1.807) is 30.0 Å². The molecule has 0 spiro atoms. The van der Waals surface area contributed by atoms with Gasteiger partial charge in [-0.3, -0.25) is 4.90 Å². The van der Waals surface area contributed by atoms with Gasteiger partial charge in [-0.25, -0.2) is 9.59 Å². The number of aromatic carboxylic acids is 1. The van der Waals surface area contributed by atoms with E-state index in [0.29, 0.717) is 17.7 Å². The maximum absolute atomic E-state index is 13.5. The summed E-state index contributed by atoms with van der Waals surface area (Å²) in [5.41, 5.74) is 6.37. The summed E-state index contributed by atoms with van der Waals surface area (Å²) in [4.78, 5) is 26.2. The van der Waals surface area contributed by atoms with Crippen molar-refractivity contribution >= 4 is 17.6 Å². The third-order valence-electron chi connectivity index (χ3n) is 8.67. The minimum absolute atomic E-state index is 0.0180. The number of hydrogen-bond acceptors (Lipinski definition) is 3. The molecule has 43 heavy (non-hydrogen) atoms. The zero-order valence-corrected chi connectivity index (χ0v) is 25.0. The molecular weight excluding hydrogens is 555 g/mol. The van der Waals surface area contributed by atoms with Crippen LogP contribution in [0.5, 0.6) is 0 Å². The second kappa shape index (κ2) is 11.2. The second-order valence-corrected chi connectivity index (χ2v) is 12.6. The fourth-order valence-corrected chi connectivity index (χ4v) is 6.41. The maximum Gasteiger partial charge on any atom is 0.416 e. The molecule has 8 heteroatoms. The van der Waals surface area contributed by atoms with Gasteiger partial charge in [-0.2, -0.15) is 13.2 Å². The molecular formula is C35H36F3NO4. The Morgan fingerprint density at radius 2 is 1.77 bits per heavy atom. The number of ether oxygens (including phenoxy) is 1. The molecule has 1 aliphatic carbocycles. The monoisotopic (exact) mass is 591 g/mol. The minimum atomic E-state index is -4.49. The van der Waals surface area contributed by atoms with Gasteiger partial charge < -0.3 is 9.84 Å². The van der Waals surface area contributed by atoms with Crippen LogP contribution in [0.15, 0.2) is 66.2 Å². The molecule has 2 aliphatic rings. The van der Waals surface area contributed by atoms with Crippen LogP contribution in [0, 0.1) is 19.3 Å². The Morgan fingerprint density at radius 3 is 2.44 bits per heavy atom. The molecule has 0 saturated carbocycles. The van der Waals surface area contributed by atoms with Crippen molar-refractivity contribution in [2.24, 2.45) is 5.41 Å². The molecule has 1 heterocycles. The van der Waals surface area contributed by atoms with E-state index in [9.17, 15) is 27.9 Å². The first-order chi connectivity index (χ1) is 20.1. The highest BCUT2D eigenvalue weighted by Gasteiger charge is 2.42. The summed E-state index contributed by atoms with van der Waals surface area (Å²) in [6.45, 7) is 10.1. The Morgan fingerprint density at radius 1 is 1.05 bits per heavy atom. The molecule has 5 nitrogen and oxygen atoms in total. The first kappa shape index (κ1) is 30.4. The number of halogens is 3. The molecule has 226 valence electrons. The number of cyclic esters (lactones) is 1. The van der Waals surface area contributed by atoms with Gasteiger partial charge in [-0.1, -0.05) is 49.7 Å². The number of hydrogen-bond donors (Lipinski definition) is 1. The Bertz CT molecular complexity index is 1620. The van der Waals surface area contributed by atoms with Crippen molar-refractivity contribution in [2.45, 2.75) is 72.2 Å². The van der Waals surface area contributed by atoms with Gasteiger partial charge in [0.1, 0.15) is 6.10 Å². The van der Waals surface area contributed by atoms with Gasteiger partial charge in [0.25, 0.3) is 0 Å². The molecule has 3 aromatic carbocycles. The fourth-order valence-electron chi connectivity index (χ4n) is 6.41. The van der Waals surface area contributed by atoms with E-state index in [4.69, 9.17) is 4.74 Å². The molecule has 5 rings (SSSR count). The minimum Gasteiger partial charge on any atom is -0.478 e. The van der Waals surface area contributed by atoms with Crippen molar-refractivity contribution in [3.05, 3.63) is 99.6 Å². The summed E-state index contributed by atoms with van der Waals surface area (Å²) < 4.78 is 46.3. The summed E-state index contributed by atoms with van der Waals surface area (Å²) in [7, 11) is 0. The molecule has 1 aliphatic heterocycles. The van der Waals surface area contributed by atoms with E-state index in [0.717, 1.165) is 64.8 Å². The zero-order valence-electron chi connectivity index (χ0n) is 25.0. The number of nitrogens with zero attached hydrogens (tertiary/aromatic N) is 1. The smallest absolute Gasteiger partial charge is 0.416 e. The third-order valence-corrected chi connectivity index (χ3v) is 8.67. The van der Waals surface area contributed by atoms with Gasteiger partial charge in [0.2, 0.25) is 0 Å². The number of carboxylic acids is 1. The van der Waals surface area contributed by atoms with Gasteiger partial charge in [0, 0.05) is 6.54 Å². The number of aryl methyl sites for hydroxylation is 2. The van der Waals surface area contributed by atoms with E-state index in [2.05, 4.69) is 26.0 Å². The molecule has 0 aromatic heterocycles. The van der Waals surface area contributed by atoms with Crippen LogP contribution in [0.4, 0.5) is 18.0 Å². The van der Waals surface area contributed by atoms with E-state index in [1.807, 2.05) is 32.0 Å². The van der Waals surface area contributed by atoms with Crippen molar-refractivity contribution in [3.63, 3.8) is 0 Å². The lowest BCUT2D eigenvalue weighted by Crippen LogP contribution is -2.35. The van der Waals surface area contributed by atoms with Crippen LogP contribution in [0.3, 0.4) is 0 Å². The molecule has 0 radical (unpaired) electrons. The zero-order chi connectivity index (χ0) is 31.3. The maximum atomic E-state index is 13.5.